The van der Waals surface area contributed by atoms with Gasteiger partial charge >= 0.3 is 0 Å². The molecular formula is C18H18N2O4. The zero-order valence-corrected chi connectivity index (χ0v) is 13.3. The van der Waals surface area contributed by atoms with Gasteiger partial charge in [0.15, 0.2) is 5.78 Å². The van der Waals surface area contributed by atoms with Crippen LogP contribution in [0.25, 0.3) is 0 Å². The van der Waals surface area contributed by atoms with Gasteiger partial charge in [0.05, 0.1) is 18.7 Å². The summed E-state index contributed by atoms with van der Waals surface area (Å²) in [6.07, 6.45) is 1.75. The Hall–Kier alpha value is -2.89. The molecule has 0 aliphatic carbocycles. The lowest BCUT2D eigenvalue weighted by Crippen LogP contribution is -2.27. The van der Waals surface area contributed by atoms with Crippen LogP contribution in [0, 0.1) is 5.92 Å². The Labute approximate surface area is 139 Å². The number of likely N-dealkylation sites (tertiary alicyclic amines) is 1. The van der Waals surface area contributed by atoms with E-state index in [-0.39, 0.29) is 29.9 Å². The molecule has 24 heavy (non-hydrogen) atoms. The van der Waals surface area contributed by atoms with E-state index in [2.05, 4.69) is 5.32 Å². The van der Waals surface area contributed by atoms with Crippen LogP contribution in [0.3, 0.4) is 0 Å². The molecule has 2 heterocycles. The second-order valence-electron chi connectivity index (χ2n) is 5.88. The monoisotopic (exact) mass is 326 g/mol. The topological polar surface area (TPSA) is 79.6 Å². The quantitative estimate of drug-likeness (QED) is 0.856. The van der Waals surface area contributed by atoms with Crippen LogP contribution >= 0.6 is 0 Å². The summed E-state index contributed by atoms with van der Waals surface area (Å²) in [5.41, 5.74) is 1.20. The molecule has 3 rings (SSSR count). The largest absolute Gasteiger partial charge is 0.467 e. The Kier molecular flexibility index (Phi) is 4.46. The number of furan rings is 1. The SMILES string of the molecule is CC(=O)c1ccc(NC(=O)C2CC(=O)N(Cc3ccco3)C2)cc1. The van der Waals surface area contributed by atoms with E-state index in [1.54, 1.807) is 47.6 Å². The van der Waals surface area contributed by atoms with Gasteiger partial charge in [-0.15, -0.1) is 0 Å². The van der Waals surface area contributed by atoms with E-state index in [0.29, 0.717) is 30.1 Å². The Morgan fingerprint density at radius 3 is 2.62 bits per heavy atom. The van der Waals surface area contributed by atoms with Crippen LogP contribution in [0.15, 0.2) is 47.1 Å². The van der Waals surface area contributed by atoms with Crippen LogP contribution in [-0.2, 0) is 16.1 Å². The van der Waals surface area contributed by atoms with Crippen molar-refractivity contribution in [1.82, 2.24) is 4.90 Å². The van der Waals surface area contributed by atoms with Crippen LogP contribution in [0.2, 0.25) is 0 Å². The van der Waals surface area contributed by atoms with Gasteiger partial charge in [0, 0.05) is 24.2 Å². The van der Waals surface area contributed by atoms with Crippen LogP contribution in [0.5, 0.6) is 0 Å². The lowest BCUT2D eigenvalue weighted by Gasteiger charge is -2.15. The second kappa shape index (κ2) is 6.70. The molecule has 1 saturated heterocycles. The van der Waals surface area contributed by atoms with Crippen LogP contribution < -0.4 is 5.32 Å². The van der Waals surface area contributed by atoms with Crippen LogP contribution in [0.1, 0.15) is 29.5 Å². The maximum Gasteiger partial charge on any atom is 0.229 e. The zero-order valence-electron chi connectivity index (χ0n) is 13.3. The Morgan fingerprint density at radius 1 is 1.25 bits per heavy atom. The third kappa shape index (κ3) is 3.53. The minimum atomic E-state index is -0.389. The molecule has 1 fully saturated rings. The van der Waals surface area contributed by atoms with E-state index < -0.39 is 0 Å². The number of rotatable bonds is 5. The summed E-state index contributed by atoms with van der Waals surface area (Å²) in [4.78, 5) is 37.3. The van der Waals surface area contributed by atoms with E-state index in [1.165, 1.54) is 6.92 Å². The molecule has 0 saturated carbocycles. The Morgan fingerprint density at radius 2 is 2.00 bits per heavy atom. The number of hydrogen-bond acceptors (Lipinski definition) is 4. The number of benzene rings is 1. The maximum absolute atomic E-state index is 12.3. The second-order valence-corrected chi connectivity index (χ2v) is 5.88. The van der Waals surface area contributed by atoms with Gasteiger partial charge in [-0.25, -0.2) is 0 Å². The molecule has 1 aromatic heterocycles. The summed E-state index contributed by atoms with van der Waals surface area (Å²) in [5, 5.41) is 2.80. The first-order valence-electron chi connectivity index (χ1n) is 7.75. The van der Waals surface area contributed by atoms with Gasteiger partial charge in [0.25, 0.3) is 0 Å². The molecule has 1 aliphatic heterocycles. The van der Waals surface area contributed by atoms with Crippen molar-refractivity contribution in [2.24, 2.45) is 5.92 Å². The molecule has 2 aromatic rings. The minimum Gasteiger partial charge on any atom is -0.467 e. The summed E-state index contributed by atoms with van der Waals surface area (Å²) >= 11 is 0. The van der Waals surface area contributed by atoms with Gasteiger partial charge in [-0.1, -0.05) is 0 Å². The molecule has 0 radical (unpaired) electrons. The van der Waals surface area contributed by atoms with Crippen molar-refractivity contribution in [3.05, 3.63) is 54.0 Å². The normalized spacial score (nSPS) is 17.1. The number of Topliss-reactive ketones (excluding diaryl/α,β-unsaturated/α-hetero) is 1. The number of anilines is 1. The Balaban J connectivity index is 1.59. The molecule has 0 spiro atoms. The lowest BCUT2D eigenvalue weighted by molar-refractivity contribution is -0.128. The highest BCUT2D eigenvalue weighted by atomic mass is 16.3. The standard InChI is InChI=1S/C18H18N2O4/c1-12(21)13-4-6-15(7-5-13)19-18(23)14-9-17(22)20(10-14)11-16-3-2-8-24-16/h2-8,14H,9-11H2,1H3,(H,19,23). The highest BCUT2D eigenvalue weighted by molar-refractivity contribution is 5.98. The molecule has 1 aromatic carbocycles. The highest BCUT2D eigenvalue weighted by Gasteiger charge is 2.34. The fourth-order valence-electron chi connectivity index (χ4n) is 2.72. The van der Waals surface area contributed by atoms with Crippen molar-refractivity contribution in [1.29, 1.82) is 0 Å². The van der Waals surface area contributed by atoms with E-state index in [9.17, 15) is 14.4 Å². The molecule has 124 valence electrons. The third-order valence-corrected chi connectivity index (χ3v) is 4.07. The van der Waals surface area contributed by atoms with Gasteiger partial charge in [-0.05, 0) is 43.3 Å². The summed E-state index contributed by atoms with van der Waals surface area (Å²) < 4.78 is 5.24. The molecular weight excluding hydrogens is 308 g/mol. The molecule has 0 bridgehead atoms. The fraction of sp³-hybridized carbons (Fsp3) is 0.278. The number of nitrogens with one attached hydrogen (secondary N) is 1. The number of carbonyl (C=O) groups excluding carboxylic acids is 3. The van der Waals surface area contributed by atoms with Gasteiger partial charge < -0.3 is 14.6 Å². The first-order chi connectivity index (χ1) is 11.5. The van der Waals surface area contributed by atoms with E-state index >= 15 is 0 Å². The molecule has 2 amide bonds. The van der Waals surface area contributed by atoms with Crippen molar-refractivity contribution < 1.29 is 18.8 Å². The molecule has 1 aliphatic rings. The number of ketones is 1. The summed E-state index contributed by atoms with van der Waals surface area (Å²) in [7, 11) is 0. The minimum absolute atomic E-state index is 0.0252. The van der Waals surface area contributed by atoms with Crippen molar-refractivity contribution in [3.63, 3.8) is 0 Å². The molecule has 1 atom stereocenters. The molecule has 6 nitrogen and oxygen atoms in total. The molecule has 1 N–H and O–H groups in total. The third-order valence-electron chi connectivity index (χ3n) is 4.07. The zero-order chi connectivity index (χ0) is 17.1. The fourth-order valence-corrected chi connectivity index (χ4v) is 2.72. The predicted octanol–water partition coefficient (Wildman–Crippen LogP) is 2.47. The smallest absolute Gasteiger partial charge is 0.229 e. The molecule has 6 heteroatoms. The average molecular weight is 326 g/mol. The van der Waals surface area contributed by atoms with E-state index in [0.717, 1.165) is 0 Å². The summed E-state index contributed by atoms with van der Waals surface area (Å²) in [6, 6.07) is 10.3. The van der Waals surface area contributed by atoms with Crippen LogP contribution in [-0.4, -0.2) is 29.0 Å². The van der Waals surface area contributed by atoms with E-state index in [4.69, 9.17) is 4.42 Å². The first kappa shape index (κ1) is 16.0. The molecule has 1 unspecified atom stereocenters. The van der Waals surface area contributed by atoms with Crippen molar-refractivity contribution >= 4 is 23.3 Å². The lowest BCUT2D eigenvalue weighted by atomic mass is 10.1. The highest BCUT2D eigenvalue weighted by Crippen LogP contribution is 2.22. The predicted molar refractivity (Wildman–Crippen MR) is 87.3 cm³/mol. The number of carbonyl (C=O) groups is 3. The number of nitrogens with zero attached hydrogens (tertiary/aromatic N) is 1. The van der Waals surface area contributed by atoms with Crippen LogP contribution in [0.4, 0.5) is 5.69 Å². The van der Waals surface area contributed by atoms with Crippen molar-refractivity contribution in [2.75, 3.05) is 11.9 Å². The van der Waals surface area contributed by atoms with E-state index in [1.807, 2.05) is 0 Å². The van der Waals surface area contributed by atoms with Gasteiger partial charge in [-0.2, -0.15) is 0 Å². The average Bonchev–Trinajstić information content (AvgIpc) is 3.19. The van der Waals surface area contributed by atoms with Gasteiger partial charge in [0.1, 0.15) is 5.76 Å². The number of amides is 2. The first-order valence-corrected chi connectivity index (χ1v) is 7.75. The number of hydrogen-bond donors (Lipinski definition) is 1. The summed E-state index contributed by atoms with van der Waals surface area (Å²) in [5.74, 6) is 0.0337. The van der Waals surface area contributed by atoms with Crippen molar-refractivity contribution in [2.45, 2.75) is 19.9 Å². The van der Waals surface area contributed by atoms with Crippen molar-refractivity contribution in [3.8, 4) is 0 Å². The Bertz CT molecular complexity index is 750. The maximum atomic E-state index is 12.3. The summed E-state index contributed by atoms with van der Waals surface area (Å²) in [6.45, 7) is 2.24. The van der Waals surface area contributed by atoms with Gasteiger partial charge in [0.2, 0.25) is 11.8 Å². The van der Waals surface area contributed by atoms with Gasteiger partial charge in [-0.3, -0.25) is 14.4 Å².